The number of esters is 2. The first kappa shape index (κ1) is 28.7. The summed E-state index contributed by atoms with van der Waals surface area (Å²) in [5, 5.41) is 0.304. The Morgan fingerprint density at radius 1 is 1.03 bits per heavy atom. The summed E-state index contributed by atoms with van der Waals surface area (Å²) in [5.74, 6) is -0.974. The van der Waals surface area contributed by atoms with Gasteiger partial charge in [-0.3, -0.25) is 14.5 Å². The fourth-order valence-corrected chi connectivity index (χ4v) is 5.89. The van der Waals surface area contributed by atoms with Gasteiger partial charge in [-0.15, -0.1) is 0 Å². The van der Waals surface area contributed by atoms with Gasteiger partial charge >= 0.3 is 11.9 Å². The number of ketones is 1. The van der Waals surface area contributed by atoms with Crippen LogP contribution in [0.5, 0.6) is 17.2 Å². The molecule has 2 fully saturated rings. The van der Waals surface area contributed by atoms with Crippen molar-refractivity contribution < 1.29 is 33.3 Å². The zero-order chi connectivity index (χ0) is 28.3. The highest BCUT2D eigenvalue weighted by atomic mass is 35.5. The van der Waals surface area contributed by atoms with Crippen LogP contribution >= 0.6 is 11.6 Å². The number of hydrogen-bond donors (Lipinski definition) is 0. The van der Waals surface area contributed by atoms with E-state index in [-0.39, 0.29) is 52.9 Å². The number of ether oxygens (including phenoxy) is 4. The largest absolute Gasteiger partial charge is 0.496 e. The van der Waals surface area contributed by atoms with Crippen molar-refractivity contribution in [2.24, 2.45) is 0 Å². The molecule has 0 unspecified atom stereocenters. The van der Waals surface area contributed by atoms with Crippen LogP contribution in [0.25, 0.3) is 0 Å². The van der Waals surface area contributed by atoms with Crippen molar-refractivity contribution in [1.82, 2.24) is 4.90 Å². The van der Waals surface area contributed by atoms with Gasteiger partial charge < -0.3 is 23.8 Å². The molecule has 2 aromatic rings. The third kappa shape index (κ3) is 5.84. The predicted molar refractivity (Wildman–Crippen MR) is 148 cm³/mol. The number of nitrogens with zero attached hydrogens (tertiary/aromatic N) is 2. The van der Waals surface area contributed by atoms with E-state index in [2.05, 4.69) is 9.80 Å². The molecule has 0 bridgehead atoms. The van der Waals surface area contributed by atoms with Gasteiger partial charge in [0.25, 0.3) is 0 Å². The summed E-state index contributed by atoms with van der Waals surface area (Å²) in [4.78, 5) is 42.5. The van der Waals surface area contributed by atoms with Crippen LogP contribution in [-0.2, 0) is 9.53 Å². The summed E-state index contributed by atoms with van der Waals surface area (Å²) in [7, 11) is 4.88. The first-order valence-electron chi connectivity index (χ1n) is 13.1. The minimum Gasteiger partial charge on any atom is -0.496 e. The molecule has 0 N–H and O–H groups in total. The Morgan fingerprint density at radius 2 is 1.72 bits per heavy atom. The van der Waals surface area contributed by atoms with Crippen LogP contribution in [0.1, 0.15) is 65.3 Å². The van der Waals surface area contributed by atoms with E-state index in [1.54, 1.807) is 18.2 Å². The summed E-state index contributed by atoms with van der Waals surface area (Å²) < 4.78 is 22.7. The highest BCUT2D eigenvalue weighted by Gasteiger charge is 2.40. The lowest BCUT2D eigenvalue weighted by Crippen LogP contribution is -2.34. The van der Waals surface area contributed by atoms with Crippen molar-refractivity contribution >= 4 is 35.0 Å². The maximum Gasteiger partial charge on any atom is 0.345 e. The number of benzene rings is 2. The first-order chi connectivity index (χ1) is 18.7. The van der Waals surface area contributed by atoms with E-state index in [0.717, 1.165) is 31.6 Å². The molecule has 4 rings (SSSR count). The topological polar surface area (TPSA) is 94.6 Å². The van der Waals surface area contributed by atoms with E-state index in [4.69, 9.17) is 30.5 Å². The summed E-state index contributed by atoms with van der Waals surface area (Å²) in [5.41, 5.74) is 1.65. The Labute approximate surface area is 233 Å². The molecule has 2 aliphatic rings. The number of likely N-dealkylation sites (tertiary alicyclic amines) is 1. The molecule has 0 aliphatic carbocycles. The van der Waals surface area contributed by atoms with E-state index < -0.39 is 5.97 Å². The van der Waals surface area contributed by atoms with Gasteiger partial charge in [0.1, 0.15) is 23.7 Å². The smallest absolute Gasteiger partial charge is 0.345 e. The number of methoxy groups -OCH3 is 2. The summed E-state index contributed by atoms with van der Waals surface area (Å²) >= 11 is 6.74. The minimum atomic E-state index is -0.692. The number of carbonyl (C=O) groups excluding carboxylic acids is 3. The molecule has 2 heterocycles. The Morgan fingerprint density at radius 3 is 2.33 bits per heavy atom. The second-order valence-electron chi connectivity index (χ2n) is 9.92. The van der Waals surface area contributed by atoms with Crippen LogP contribution in [0, 0.1) is 0 Å². The quantitative estimate of drug-likeness (QED) is 0.246. The standard InChI is InChI=1S/C29H35ClN2O7/c1-17(33)25-23(36-4)15-24(37-5)26(19-11-14-31(3)22(19)16-38-18(2)34)28(25)39-29(35)20-9-8-10-21(27(20)30)32-12-6-7-13-32/h8-10,15,19,22H,6-7,11-14,16H2,1-5H3/t19-,22+/m1/s1. The second-order valence-corrected chi connectivity index (χ2v) is 10.3. The maximum absolute atomic E-state index is 13.7. The van der Waals surface area contributed by atoms with Gasteiger partial charge in [-0.05, 0) is 51.9 Å². The molecule has 10 heteroatoms. The predicted octanol–water partition coefficient (Wildman–Crippen LogP) is 4.73. The normalized spacial score (nSPS) is 19.2. The van der Waals surface area contributed by atoms with Gasteiger partial charge in [0.15, 0.2) is 11.5 Å². The summed E-state index contributed by atoms with van der Waals surface area (Å²) in [6, 6.07) is 6.68. The fourth-order valence-electron chi connectivity index (χ4n) is 5.57. The average molecular weight is 559 g/mol. The van der Waals surface area contributed by atoms with E-state index >= 15 is 0 Å². The Bertz CT molecular complexity index is 1260. The fraction of sp³-hybridized carbons (Fsp3) is 0.483. The highest BCUT2D eigenvalue weighted by molar-refractivity contribution is 6.36. The average Bonchev–Trinajstić information content (AvgIpc) is 3.56. The molecule has 0 spiro atoms. The molecule has 210 valence electrons. The molecule has 0 amide bonds. The molecule has 9 nitrogen and oxygen atoms in total. The van der Waals surface area contributed by atoms with Crippen molar-refractivity contribution in [2.75, 3.05) is 52.4 Å². The molecule has 0 saturated carbocycles. The number of hydrogen-bond acceptors (Lipinski definition) is 9. The molecular formula is C29H35ClN2O7. The third-order valence-corrected chi connectivity index (χ3v) is 7.93. The zero-order valence-corrected chi connectivity index (χ0v) is 23.8. The van der Waals surface area contributed by atoms with E-state index in [0.29, 0.717) is 29.3 Å². The summed E-state index contributed by atoms with van der Waals surface area (Å²) in [6.45, 7) is 5.32. The van der Waals surface area contributed by atoms with Gasteiger partial charge in [-0.2, -0.15) is 0 Å². The minimum absolute atomic E-state index is 0.0690. The van der Waals surface area contributed by atoms with Crippen molar-refractivity contribution in [1.29, 1.82) is 0 Å². The van der Waals surface area contributed by atoms with Gasteiger partial charge in [0.05, 0.1) is 36.5 Å². The van der Waals surface area contributed by atoms with Crippen LogP contribution in [0.2, 0.25) is 5.02 Å². The Hall–Kier alpha value is -3.30. The van der Waals surface area contributed by atoms with Crippen molar-refractivity contribution in [3.8, 4) is 17.2 Å². The number of likely N-dealkylation sites (N-methyl/N-ethyl adjacent to an activating group) is 1. The highest BCUT2D eigenvalue weighted by Crippen LogP contribution is 2.48. The van der Waals surface area contributed by atoms with Gasteiger partial charge in [0.2, 0.25) is 0 Å². The van der Waals surface area contributed by atoms with Crippen LogP contribution in [0.15, 0.2) is 24.3 Å². The molecule has 0 aromatic heterocycles. The molecule has 2 aromatic carbocycles. The van der Waals surface area contributed by atoms with Crippen molar-refractivity contribution in [3.63, 3.8) is 0 Å². The summed E-state index contributed by atoms with van der Waals surface area (Å²) in [6.07, 6.45) is 2.78. The van der Waals surface area contributed by atoms with Crippen LogP contribution in [0.3, 0.4) is 0 Å². The second kappa shape index (κ2) is 12.3. The molecular weight excluding hydrogens is 524 g/mol. The lowest BCUT2D eigenvalue weighted by molar-refractivity contribution is -0.142. The van der Waals surface area contributed by atoms with Gasteiger partial charge in [0, 0.05) is 37.6 Å². The van der Waals surface area contributed by atoms with E-state index in [1.807, 2.05) is 13.1 Å². The van der Waals surface area contributed by atoms with Crippen molar-refractivity contribution in [3.05, 3.63) is 46.0 Å². The third-order valence-electron chi connectivity index (χ3n) is 7.53. The lowest BCUT2D eigenvalue weighted by atomic mass is 9.87. The van der Waals surface area contributed by atoms with Gasteiger partial charge in [-0.1, -0.05) is 17.7 Å². The monoisotopic (exact) mass is 558 g/mol. The molecule has 2 atom stereocenters. The van der Waals surface area contributed by atoms with Crippen molar-refractivity contribution in [2.45, 2.75) is 45.1 Å². The molecule has 2 aliphatic heterocycles. The molecule has 2 saturated heterocycles. The maximum atomic E-state index is 13.7. The van der Waals surface area contributed by atoms with E-state index in [9.17, 15) is 14.4 Å². The number of rotatable bonds is 9. The number of halogens is 1. The number of carbonyl (C=O) groups is 3. The Kier molecular flexibility index (Phi) is 9.02. The number of anilines is 1. The lowest BCUT2D eigenvalue weighted by Gasteiger charge is -2.28. The van der Waals surface area contributed by atoms with Crippen LogP contribution < -0.4 is 19.1 Å². The Balaban J connectivity index is 1.83. The van der Waals surface area contributed by atoms with Crippen LogP contribution in [-0.4, -0.2) is 76.2 Å². The van der Waals surface area contributed by atoms with Gasteiger partial charge in [-0.25, -0.2) is 4.79 Å². The zero-order valence-electron chi connectivity index (χ0n) is 23.0. The number of Topliss-reactive ketones (excluding diaryl/α,β-unsaturated/α-hetero) is 1. The van der Waals surface area contributed by atoms with E-state index in [1.165, 1.54) is 28.1 Å². The first-order valence-corrected chi connectivity index (χ1v) is 13.4. The SMILES string of the molecule is COc1cc(OC)c([C@@H]2CCN(C)[C@H]2COC(C)=O)c(OC(=O)c2cccc(N3CCCC3)c2Cl)c1C(C)=O. The van der Waals surface area contributed by atoms with Crippen LogP contribution in [0.4, 0.5) is 5.69 Å². The molecule has 0 radical (unpaired) electrons. The molecule has 39 heavy (non-hydrogen) atoms.